The Morgan fingerprint density at radius 2 is 0.746 bits per heavy atom. The van der Waals surface area contributed by atoms with E-state index < -0.39 is 8.07 Å². The van der Waals surface area contributed by atoms with Crippen molar-refractivity contribution in [2.75, 3.05) is 0 Å². The van der Waals surface area contributed by atoms with Gasteiger partial charge < -0.3 is 9.13 Å². The highest BCUT2D eigenvalue weighted by atomic mass is 28.3. The lowest BCUT2D eigenvalue weighted by molar-refractivity contribution is 1.16. The molecule has 12 aromatic rings. The first-order chi connectivity index (χ1) is 31.3. The van der Waals surface area contributed by atoms with Crippen LogP contribution in [0, 0.1) is 0 Å². The Morgan fingerprint density at radius 3 is 1.38 bits per heavy atom. The van der Waals surface area contributed by atoms with Crippen molar-refractivity contribution in [3.05, 3.63) is 255 Å². The highest BCUT2D eigenvalue weighted by Gasteiger charge is 2.43. The third-order valence-corrected chi connectivity index (χ3v) is 17.9. The summed E-state index contributed by atoms with van der Waals surface area (Å²) >= 11 is 0. The SMILES string of the molecule is c1ccc(-c2ccccc2-c2ccccc2-n2c3ccccc3c3ccc(-n4c5ccccc5c5cccc([Si](c6ccccc6)(c6ccccc6)c6ccccc6)c54)cc32)cc1. The normalized spacial score (nSPS) is 11.8. The van der Waals surface area contributed by atoms with Crippen LogP contribution in [0.15, 0.2) is 255 Å². The van der Waals surface area contributed by atoms with Gasteiger partial charge >= 0.3 is 0 Å². The standard InChI is InChI=1S/C60H42N2Si/c1-5-22-43(23-6-1)48-30-13-14-31-49(48)50-32-15-19-37-56(50)62-57-38-20-16-33-51(57)53-41-40-44(42-58(53)62)61-55-36-18-17-34-52(55)54-35-21-39-59(60(54)61)63(45-24-7-2-8-25-45,46-26-9-3-10-27-46)47-28-11-4-12-29-47/h1-42H. The van der Waals surface area contributed by atoms with Crippen molar-refractivity contribution in [2.45, 2.75) is 0 Å². The van der Waals surface area contributed by atoms with Crippen molar-refractivity contribution in [3.63, 3.8) is 0 Å². The maximum Gasteiger partial charge on any atom is 0.181 e. The van der Waals surface area contributed by atoms with Gasteiger partial charge in [-0.25, -0.2) is 0 Å². The van der Waals surface area contributed by atoms with Gasteiger partial charge in [0.1, 0.15) is 0 Å². The average molecular weight is 819 g/mol. The van der Waals surface area contributed by atoms with Crippen LogP contribution < -0.4 is 20.7 Å². The van der Waals surface area contributed by atoms with Crippen LogP contribution in [-0.2, 0) is 0 Å². The van der Waals surface area contributed by atoms with Gasteiger partial charge in [-0.2, -0.15) is 0 Å². The van der Waals surface area contributed by atoms with Crippen molar-refractivity contribution < 1.29 is 0 Å². The van der Waals surface area contributed by atoms with Crippen molar-refractivity contribution in [2.24, 2.45) is 0 Å². The molecule has 0 radical (unpaired) electrons. The fraction of sp³-hybridized carbons (Fsp3) is 0. The molecule has 0 saturated carbocycles. The summed E-state index contributed by atoms with van der Waals surface area (Å²) in [6.45, 7) is 0. The Kier molecular flexibility index (Phi) is 8.87. The van der Waals surface area contributed by atoms with Crippen LogP contribution in [-0.4, -0.2) is 17.2 Å². The van der Waals surface area contributed by atoms with Crippen LogP contribution in [0.25, 0.3) is 77.2 Å². The first kappa shape index (κ1) is 36.8. The molecule has 2 aromatic heterocycles. The molecule has 12 rings (SSSR count). The molecule has 0 saturated heterocycles. The molecule has 0 aliphatic carbocycles. The second kappa shape index (κ2) is 15.2. The number of benzene rings is 10. The van der Waals surface area contributed by atoms with E-state index in [-0.39, 0.29) is 0 Å². The third kappa shape index (κ3) is 5.78. The number of aromatic nitrogens is 2. The summed E-state index contributed by atoms with van der Waals surface area (Å²) in [7, 11) is -2.94. The molecule has 2 heterocycles. The van der Waals surface area contributed by atoms with Crippen LogP contribution in [0.3, 0.4) is 0 Å². The number of hydrogen-bond donors (Lipinski definition) is 0. The maximum atomic E-state index is 2.56. The van der Waals surface area contributed by atoms with Crippen LogP contribution in [0.4, 0.5) is 0 Å². The molecule has 3 heteroatoms. The molecule has 0 unspecified atom stereocenters. The fourth-order valence-corrected chi connectivity index (χ4v) is 15.4. The van der Waals surface area contributed by atoms with E-state index >= 15 is 0 Å². The molecule has 0 atom stereocenters. The van der Waals surface area contributed by atoms with E-state index in [0.717, 1.165) is 11.4 Å². The molecular weight excluding hydrogens is 777 g/mol. The Morgan fingerprint density at radius 1 is 0.286 bits per heavy atom. The zero-order valence-corrected chi connectivity index (χ0v) is 35.6. The van der Waals surface area contributed by atoms with Crippen LogP contribution >= 0.6 is 0 Å². The van der Waals surface area contributed by atoms with Crippen LogP contribution in [0.5, 0.6) is 0 Å². The van der Waals surface area contributed by atoms with E-state index in [1.807, 2.05) is 0 Å². The van der Waals surface area contributed by atoms with Gasteiger partial charge in [0.2, 0.25) is 0 Å². The van der Waals surface area contributed by atoms with Gasteiger partial charge in [0.15, 0.2) is 8.07 Å². The topological polar surface area (TPSA) is 9.86 Å². The first-order valence-electron chi connectivity index (χ1n) is 21.8. The summed E-state index contributed by atoms with van der Waals surface area (Å²) in [5, 5.41) is 10.4. The molecule has 0 aliphatic rings. The van der Waals surface area contributed by atoms with E-state index in [4.69, 9.17) is 0 Å². The monoisotopic (exact) mass is 818 g/mol. The van der Waals surface area contributed by atoms with Crippen molar-refractivity contribution >= 4 is 72.4 Å². The van der Waals surface area contributed by atoms with Crippen molar-refractivity contribution in [3.8, 4) is 33.6 Å². The van der Waals surface area contributed by atoms with E-state index in [9.17, 15) is 0 Å². The molecular formula is C60H42N2Si. The molecule has 63 heavy (non-hydrogen) atoms. The van der Waals surface area contributed by atoms with E-state index in [2.05, 4.69) is 264 Å². The predicted molar refractivity (Wildman–Crippen MR) is 270 cm³/mol. The minimum atomic E-state index is -2.94. The predicted octanol–water partition coefficient (Wildman–Crippen LogP) is 12.6. The van der Waals surface area contributed by atoms with Gasteiger partial charge in [0.05, 0.1) is 27.8 Å². The number of rotatable bonds is 8. The Bertz CT molecular complexity index is 3510. The minimum absolute atomic E-state index is 1.13. The van der Waals surface area contributed by atoms with Gasteiger partial charge in [0, 0.05) is 32.8 Å². The average Bonchev–Trinajstić information content (AvgIpc) is 3.88. The summed E-state index contributed by atoms with van der Waals surface area (Å²) in [5.41, 5.74) is 11.9. The zero-order chi connectivity index (χ0) is 41.7. The Hall–Kier alpha value is -7.98. The number of nitrogens with zero attached hydrogens (tertiary/aromatic N) is 2. The summed E-state index contributed by atoms with van der Waals surface area (Å²) in [4.78, 5) is 0. The van der Waals surface area contributed by atoms with Gasteiger partial charge in [0.25, 0.3) is 0 Å². The third-order valence-electron chi connectivity index (χ3n) is 13.1. The molecule has 0 fully saturated rings. The van der Waals surface area contributed by atoms with E-state index in [1.165, 1.54) is 86.6 Å². The largest absolute Gasteiger partial charge is 0.309 e. The summed E-state index contributed by atoms with van der Waals surface area (Å²) in [6.07, 6.45) is 0. The second-order valence-corrected chi connectivity index (χ2v) is 20.2. The van der Waals surface area contributed by atoms with Crippen molar-refractivity contribution in [1.29, 1.82) is 0 Å². The molecule has 0 spiro atoms. The lowest BCUT2D eigenvalue weighted by atomic mass is 9.93. The van der Waals surface area contributed by atoms with Gasteiger partial charge in [-0.15, -0.1) is 0 Å². The number of hydrogen-bond acceptors (Lipinski definition) is 0. The van der Waals surface area contributed by atoms with Gasteiger partial charge in [-0.05, 0) is 67.8 Å². The molecule has 2 nitrogen and oxygen atoms in total. The molecule has 296 valence electrons. The molecule has 0 N–H and O–H groups in total. The summed E-state index contributed by atoms with van der Waals surface area (Å²) in [5.74, 6) is 0. The molecule has 0 bridgehead atoms. The lowest BCUT2D eigenvalue weighted by Crippen LogP contribution is -2.75. The number of fused-ring (bicyclic) bond motifs is 6. The number of para-hydroxylation sites is 4. The summed E-state index contributed by atoms with van der Waals surface area (Å²) < 4.78 is 5.06. The smallest absolute Gasteiger partial charge is 0.181 e. The first-order valence-corrected chi connectivity index (χ1v) is 23.8. The quantitative estimate of drug-likeness (QED) is 0.107. The lowest BCUT2D eigenvalue weighted by Gasteiger charge is -2.35. The Labute approximate surface area is 368 Å². The van der Waals surface area contributed by atoms with Gasteiger partial charge in [-0.3, -0.25) is 0 Å². The zero-order valence-electron chi connectivity index (χ0n) is 34.6. The Balaban J connectivity index is 1.18. The highest BCUT2D eigenvalue weighted by molar-refractivity contribution is 7.20. The van der Waals surface area contributed by atoms with Crippen molar-refractivity contribution in [1.82, 2.24) is 9.13 Å². The minimum Gasteiger partial charge on any atom is -0.309 e. The second-order valence-electron chi connectivity index (χ2n) is 16.4. The van der Waals surface area contributed by atoms with E-state index in [1.54, 1.807) is 0 Å². The van der Waals surface area contributed by atoms with E-state index in [0.29, 0.717) is 0 Å². The van der Waals surface area contributed by atoms with Crippen LogP contribution in [0.1, 0.15) is 0 Å². The highest BCUT2D eigenvalue weighted by Crippen LogP contribution is 2.41. The molecule has 10 aromatic carbocycles. The molecule has 0 amide bonds. The summed E-state index contributed by atoms with van der Waals surface area (Å²) in [6, 6.07) is 94.3. The maximum absolute atomic E-state index is 2.94. The van der Waals surface area contributed by atoms with Crippen LogP contribution in [0.2, 0.25) is 0 Å². The van der Waals surface area contributed by atoms with Gasteiger partial charge in [-0.1, -0.05) is 224 Å². The fourth-order valence-electron chi connectivity index (χ4n) is 10.5. The molecule has 0 aliphatic heterocycles.